The summed E-state index contributed by atoms with van der Waals surface area (Å²) in [4.78, 5) is 30.1. The molecular formula is C20H21N7O3. The van der Waals surface area contributed by atoms with Gasteiger partial charge in [0.2, 0.25) is 5.89 Å². The van der Waals surface area contributed by atoms with Gasteiger partial charge in [-0.15, -0.1) is 0 Å². The van der Waals surface area contributed by atoms with Crippen LogP contribution in [-0.4, -0.2) is 50.5 Å². The second kappa shape index (κ2) is 8.29. The number of fused-ring (bicyclic) bond motifs is 1. The molecule has 0 aromatic carbocycles. The van der Waals surface area contributed by atoms with Gasteiger partial charge in [-0.1, -0.05) is 0 Å². The molecule has 0 saturated heterocycles. The largest absolute Gasteiger partial charge is 0.443 e. The van der Waals surface area contributed by atoms with Crippen LogP contribution in [0.15, 0.2) is 41.4 Å². The van der Waals surface area contributed by atoms with E-state index in [4.69, 9.17) is 14.9 Å². The molecule has 4 heterocycles. The Bertz CT molecular complexity index is 1180. The SMILES string of the molecule is COCCCNC(=O)c1nc(-c2ccc3ncc(C)n3c2)c(-c2ncco2)nc1N. The summed E-state index contributed by atoms with van der Waals surface area (Å²) in [5.74, 6) is -0.147. The number of rotatable bonds is 7. The Hall–Kier alpha value is -3.79. The van der Waals surface area contributed by atoms with Crippen molar-refractivity contribution in [2.24, 2.45) is 0 Å². The van der Waals surface area contributed by atoms with E-state index in [-0.39, 0.29) is 17.4 Å². The summed E-state index contributed by atoms with van der Waals surface area (Å²) in [6.07, 6.45) is 7.28. The van der Waals surface area contributed by atoms with Crippen LogP contribution in [0.3, 0.4) is 0 Å². The number of nitrogen functional groups attached to an aromatic ring is 1. The lowest BCUT2D eigenvalue weighted by Gasteiger charge is -2.12. The van der Waals surface area contributed by atoms with Crippen molar-refractivity contribution in [1.82, 2.24) is 29.7 Å². The van der Waals surface area contributed by atoms with Gasteiger partial charge in [-0.3, -0.25) is 4.79 Å². The third-order valence-electron chi connectivity index (χ3n) is 4.55. The maximum Gasteiger partial charge on any atom is 0.273 e. The summed E-state index contributed by atoms with van der Waals surface area (Å²) in [5, 5.41) is 2.79. The molecule has 3 N–H and O–H groups in total. The average Bonchev–Trinajstić information content (AvgIpc) is 3.41. The molecule has 0 bridgehead atoms. The first-order valence-electron chi connectivity index (χ1n) is 9.37. The molecule has 0 radical (unpaired) electrons. The highest BCUT2D eigenvalue weighted by molar-refractivity contribution is 5.97. The van der Waals surface area contributed by atoms with Gasteiger partial charge in [0.15, 0.2) is 17.2 Å². The first-order valence-corrected chi connectivity index (χ1v) is 9.37. The molecule has 0 fully saturated rings. The number of hydrogen-bond acceptors (Lipinski definition) is 8. The molecule has 0 spiro atoms. The molecule has 1 amide bonds. The van der Waals surface area contributed by atoms with Crippen molar-refractivity contribution in [1.29, 1.82) is 0 Å². The first-order chi connectivity index (χ1) is 14.6. The van der Waals surface area contributed by atoms with E-state index in [0.717, 1.165) is 16.9 Å². The van der Waals surface area contributed by atoms with Crippen LogP contribution in [0.25, 0.3) is 28.5 Å². The maximum absolute atomic E-state index is 12.6. The molecule has 30 heavy (non-hydrogen) atoms. The number of anilines is 1. The van der Waals surface area contributed by atoms with E-state index in [1.807, 2.05) is 29.7 Å². The summed E-state index contributed by atoms with van der Waals surface area (Å²) in [7, 11) is 1.61. The number of carbonyl (C=O) groups excluding carboxylic acids is 1. The highest BCUT2D eigenvalue weighted by atomic mass is 16.5. The van der Waals surface area contributed by atoms with Crippen LogP contribution < -0.4 is 11.1 Å². The third-order valence-corrected chi connectivity index (χ3v) is 4.55. The minimum absolute atomic E-state index is 0.00363. The van der Waals surface area contributed by atoms with Crippen LogP contribution in [0.4, 0.5) is 5.82 Å². The van der Waals surface area contributed by atoms with Crippen molar-refractivity contribution in [3.63, 3.8) is 0 Å². The minimum Gasteiger partial charge on any atom is -0.443 e. The van der Waals surface area contributed by atoms with E-state index in [1.54, 1.807) is 13.3 Å². The van der Waals surface area contributed by atoms with Gasteiger partial charge in [-0.25, -0.2) is 19.9 Å². The normalized spacial score (nSPS) is 11.1. The number of aryl methyl sites for hydroxylation is 1. The van der Waals surface area contributed by atoms with Crippen molar-refractivity contribution >= 4 is 17.4 Å². The molecule has 0 unspecified atom stereocenters. The van der Waals surface area contributed by atoms with Crippen molar-refractivity contribution in [3.05, 3.63) is 48.4 Å². The number of imidazole rings is 1. The van der Waals surface area contributed by atoms with Crippen LogP contribution in [0, 0.1) is 6.92 Å². The summed E-state index contributed by atoms with van der Waals surface area (Å²) < 4.78 is 12.3. The monoisotopic (exact) mass is 407 g/mol. The highest BCUT2D eigenvalue weighted by Gasteiger charge is 2.22. The van der Waals surface area contributed by atoms with E-state index in [0.29, 0.717) is 31.0 Å². The molecule has 10 nitrogen and oxygen atoms in total. The number of nitrogens with two attached hydrogens (primary N) is 1. The molecule has 0 saturated carbocycles. The van der Waals surface area contributed by atoms with Crippen LogP contribution >= 0.6 is 0 Å². The fraction of sp³-hybridized carbons (Fsp3) is 0.250. The quantitative estimate of drug-likeness (QED) is 0.445. The number of aromatic nitrogens is 5. The molecular weight excluding hydrogens is 386 g/mol. The van der Waals surface area contributed by atoms with E-state index in [2.05, 4.69) is 25.3 Å². The Labute approximate surface area is 172 Å². The second-order valence-electron chi connectivity index (χ2n) is 6.64. The van der Waals surface area contributed by atoms with Crippen molar-refractivity contribution in [2.45, 2.75) is 13.3 Å². The van der Waals surface area contributed by atoms with Crippen molar-refractivity contribution < 1.29 is 13.9 Å². The van der Waals surface area contributed by atoms with Crippen LogP contribution in [0.2, 0.25) is 0 Å². The number of nitrogens with zero attached hydrogens (tertiary/aromatic N) is 5. The molecule has 4 aromatic rings. The Morgan fingerprint density at radius 3 is 2.90 bits per heavy atom. The van der Waals surface area contributed by atoms with E-state index in [1.165, 1.54) is 12.5 Å². The van der Waals surface area contributed by atoms with E-state index in [9.17, 15) is 4.79 Å². The van der Waals surface area contributed by atoms with Gasteiger partial charge in [-0.05, 0) is 25.5 Å². The Kier molecular flexibility index (Phi) is 5.40. The molecule has 0 aliphatic rings. The summed E-state index contributed by atoms with van der Waals surface area (Å²) in [6, 6.07) is 3.72. The van der Waals surface area contributed by atoms with Gasteiger partial charge >= 0.3 is 0 Å². The number of nitrogens with one attached hydrogen (secondary N) is 1. The zero-order valence-electron chi connectivity index (χ0n) is 16.6. The number of oxazole rings is 1. The molecule has 4 rings (SSSR count). The zero-order valence-corrected chi connectivity index (χ0v) is 16.6. The number of ether oxygens (including phenoxy) is 1. The summed E-state index contributed by atoms with van der Waals surface area (Å²) >= 11 is 0. The molecule has 0 aliphatic carbocycles. The summed E-state index contributed by atoms with van der Waals surface area (Å²) in [6.45, 7) is 2.93. The molecule has 4 aromatic heterocycles. The average molecular weight is 407 g/mol. The Balaban J connectivity index is 1.79. The zero-order chi connectivity index (χ0) is 21.1. The highest BCUT2D eigenvalue weighted by Crippen LogP contribution is 2.30. The van der Waals surface area contributed by atoms with Crippen molar-refractivity contribution in [3.8, 4) is 22.8 Å². The topological polar surface area (TPSA) is 133 Å². The lowest BCUT2D eigenvalue weighted by atomic mass is 10.1. The third kappa shape index (κ3) is 3.72. The van der Waals surface area contributed by atoms with E-state index >= 15 is 0 Å². The number of carbonyl (C=O) groups is 1. The smallest absolute Gasteiger partial charge is 0.273 e. The number of hydrogen-bond donors (Lipinski definition) is 2. The van der Waals surface area contributed by atoms with Gasteiger partial charge in [0.1, 0.15) is 17.6 Å². The van der Waals surface area contributed by atoms with Gasteiger partial charge in [0, 0.05) is 43.9 Å². The van der Waals surface area contributed by atoms with Crippen LogP contribution in [0.5, 0.6) is 0 Å². The fourth-order valence-electron chi connectivity index (χ4n) is 3.05. The molecule has 0 aliphatic heterocycles. The lowest BCUT2D eigenvalue weighted by Crippen LogP contribution is -2.27. The molecule has 154 valence electrons. The number of amides is 1. The summed E-state index contributed by atoms with van der Waals surface area (Å²) in [5.41, 5.74) is 9.37. The second-order valence-corrected chi connectivity index (χ2v) is 6.64. The van der Waals surface area contributed by atoms with Crippen LogP contribution in [0.1, 0.15) is 22.6 Å². The predicted molar refractivity (Wildman–Crippen MR) is 110 cm³/mol. The van der Waals surface area contributed by atoms with Gasteiger partial charge in [0.25, 0.3) is 5.91 Å². The van der Waals surface area contributed by atoms with Crippen LogP contribution in [-0.2, 0) is 4.74 Å². The van der Waals surface area contributed by atoms with E-state index < -0.39 is 5.91 Å². The van der Waals surface area contributed by atoms with Gasteiger partial charge in [0.05, 0.1) is 6.20 Å². The Morgan fingerprint density at radius 2 is 2.13 bits per heavy atom. The minimum atomic E-state index is -0.406. The first kappa shape index (κ1) is 19.5. The molecule has 0 atom stereocenters. The number of pyridine rings is 1. The standard InChI is InChI=1S/C20H21N7O3/c1-12-10-24-14-5-4-13(11-27(12)14)15-16(20-23-7-9-30-20)26-18(21)17(25-15)19(28)22-6-3-8-29-2/h4-5,7,9-11H,3,6,8H2,1-2H3,(H2,21,26)(H,22,28). The molecule has 10 heteroatoms. The fourth-order valence-corrected chi connectivity index (χ4v) is 3.05. The van der Waals surface area contributed by atoms with Gasteiger partial charge < -0.3 is 24.6 Å². The van der Waals surface area contributed by atoms with Crippen molar-refractivity contribution in [2.75, 3.05) is 26.0 Å². The van der Waals surface area contributed by atoms with Gasteiger partial charge in [-0.2, -0.15) is 0 Å². The number of methoxy groups -OCH3 is 1. The predicted octanol–water partition coefficient (Wildman–Crippen LogP) is 2.10. The Morgan fingerprint density at radius 1 is 1.27 bits per heavy atom. The lowest BCUT2D eigenvalue weighted by molar-refractivity contribution is 0.0944. The maximum atomic E-state index is 12.6.